The van der Waals surface area contributed by atoms with Crippen LogP contribution in [-0.4, -0.2) is 52.9 Å². The number of piperazine rings is 1. The molecule has 0 radical (unpaired) electrons. The van der Waals surface area contributed by atoms with Crippen molar-refractivity contribution in [3.05, 3.63) is 77.1 Å². The van der Waals surface area contributed by atoms with Gasteiger partial charge < -0.3 is 4.74 Å². The Labute approximate surface area is 178 Å². The van der Waals surface area contributed by atoms with Crippen LogP contribution in [0.4, 0.5) is 0 Å². The molecule has 1 fully saturated rings. The number of hydrogen-bond acceptors (Lipinski definition) is 4. The summed E-state index contributed by atoms with van der Waals surface area (Å²) < 4.78 is 7.46. The zero-order valence-corrected chi connectivity index (χ0v) is 17.8. The quantitative estimate of drug-likeness (QED) is 0.630. The van der Waals surface area contributed by atoms with Gasteiger partial charge >= 0.3 is 0 Å². The molecule has 2 aliphatic rings. The number of hydrogen-bond donors (Lipinski definition) is 0. The molecule has 1 aliphatic heterocycles. The molecule has 1 aliphatic carbocycles. The van der Waals surface area contributed by atoms with Gasteiger partial charge in [-0.3, -0.25) is 9.80 Å². The second-order valence-corrected chi connectivity index (χ2v) is 8.37. The van der Waals surface area contributed by atoms with Gasteiger partial charge in [0, 0.05) is 45.0 Å². The highest BCUT2D eigenvalue weighted by molar-refractivity contribution is 5.40. The van der Waals surface area contributed by atoms with Crippen molar-refractivity contribution in [2.45, 2.75) is 32.4 Å². The number of aromatic nitrogens is 2. The number of rotatable bonds is 6. The van der Waals surface area contributed by atoms with Crippen molar-refractivity contribution in [2.75, 3.05) is 33.3 Å². The average Bonchev–Trinajstić information content (AvgIpc) is 3.40. The van der Waals surface area contributed by atoms with Gasteiger partial charge in [0.1, 0.15) is 5.75 Å². The first-order valence-electron chi connectivity index (χ1n) is 11.0. The Bertz CT molecular complexity index is 972. The fourth-order valence-electron chi connectivity index (χ4n) is 4.73. The molecule has 0 saturated carbocycles. The molecule has 1 aromatic heterocycles. The summed E-state index contributed by atoms with van der Waals surface area (Å²) in [6.07, 6.45) is 3.57. The molecule has 156 valence electrons. The van der Waals surface area contributed by atoms with Crippen LogP contribution < -0.4 is 4.74 Å². The maximum atomic E-state index is 5.26. The molecule has 0 amide bonds. The van der Waals surface area contributed by atoms with Gasteiger partial charge in [0.15, 0.2) is 0 Å². The Hall–Kier alpha value is -2.63. The Kier molecular flexibility index (Phi) is 5.56. The van der Waals surface area contributed by atoms with Crippen LogP contribution in [0.15, 0.2) is 54.6 Å². The van der Waals surface area contributed by atoms with E-state index in [1.807, 2.05) is 0 Å². The largest absolute Gasteiger partial charge is 0.497 e. The summed E-state index contributed by atoms with van der Waals surface area (Å²) >= 11 is 0. The summed E-state index contributed by atoms with van der Waals surface area (Å²) in [6, 6.07) is 19.0. The molecule has 3 aromatic rings. The number of para-hydroxylation sites is 1. The Morgan fingerprint density at radius 2 is 1.53 bits per heavy atom. The average molecular weight is 403 g/mol. The smallest absolute Gasteiger partial charge is 0.118 e. The van der Waals surface area contributed by atoms with Crippen LogP contribution in [0.2, 0.25) is 0 Å². The fourth-order valence-corrected chi connectivity index (χ4v) is 4.73. The molecule has 0 bridgehead atoms. The molecule has 0 spiro atoms. The fraction of sp³-hybridized carbons (Fsp3) is 0.400. The van der Waals surface area contributed by atoms with E-state index in [2.05, 4.69) is 69.1 Å². The molecule has 0 atom stereocenters. The SMILES string of the molecule is COc1ccc(CN2CCN(Cc3nn(-c4ccccc4)c4c3CCC4)CC2)cc1. The third-order valence-electron chi connectivity index (χ3n) is 6.42. The van der Waals surface area contributed by atoms with E-state index >= 15 is 0 Å². The van der Waals surface area contributed by atoms with E-state index in [1.54, 1.807) is 7.11 Å². The van der Waals surface area contributed by atoms with Gasteiger partial charge in [-0.15, -0.1) is 0 Å². The summed E-state index contributed by atoms with van der Waals surface area (Å²) in [6.45, 7) is 6.39. The number of nitrogens with zero attached hydrogens (tertiary/aromatic N) is 4. The summed E-state index contributed by atoms with van der Waals surface area (Å²) in [7, 11) is 1.71. The van der Waals surface area contributed by atoms with Gasteiger partial charge in [0.05, 0.1) is 18.5 Å². The second-order valence-electron chi connectivity index (χ2n) is 8.37. The predicted octanol–water partition coefficient (Wildman–Crippen LogP) is 3.69. The predicted molar refractivity (Wildman–Crippen MR) is 119 cm³/mol. The maximum Gasteiger partial charge on any atom is 0.118 e. The van der Waals surface area contributed by atoms with E-state index in [4.69, 9.17) is 9.84 Å². The lowest BCUT2D eigenvalue weighted by Gasteiger charge is -2.34. The summed E-state index contributed by atoms with van der Waals surface area (Å²) in [4.78, 5) is 5.12. The van der Waals surface area contributed by atoms with Crippen LogP contribution in [0.25, 0.3) is 5.69 Å². The minimum atomic E-state index is 0.922. The van der Waals surface area contributed by atoms with Gasteiger partial charge in [-0.05, 0) is 54.7 Å². The van der Waals surface area contributed by atoms with E-state index in [0.717, 1.165) is 51.4 Å². The van der Waals surface area contributed by atoms with E-state index in [0.29, 0.717) is 0 Å². The van der Waals surface area contributed by atoms with Crippen molar-refractivity contribution < 1.29 is 4.74 Å². The molecule has 5 heteroatoms. The first-order chi connectivity index (χ1) is 14.8. The number of benzene rings is 2. The number of methoxy groups -OCH3 is 1. The van der Waals surface area contributed by atoms with E-state index < -0.39 is 0 Å². The van der Waals surface area contributed by atoms with Crippen LogP contribution in [0.5, 0.6) is 5.75 Å². The lowest BCUT2D eigenvalue weighted by Crippen LogP contribution is -2.45. The minimum absolute atomic E-state index is 0.922. The monoisotopic (exact) mass is 402 g/mol. The van der Waals surface area contributed by atoms with Crippen LogP contribution in [0.1, 0.15) is 28.9 Å². The molecule has 0 N–H and O–H groups in total. The van der Waals surface area contributed by atoms with E-state index in [-0.39, 0.29) is 0 Å². The van der Waals surface area contributed by atoms with Crippen molar-refractivity contribution in [1.29, 1.82) is 0 Å². The number of fused-ring (bicyclic) bond motifs is 1. The zero-order valence-electron chi connectivity index (χ0n) is 17.8. The van der Waals surface area contributed by atoms with Gasteiger partial charge in [0.25, 0.3) is 0 Å². The number of ether oxygens (including phenoxy) is 1. The topological polar surface area (TPSA) is 33.5 Å². The van der Waals surface area contributed by atoms with Crippen molar-refractivity contribution in [1.82, 2.24) is 19.6 Å². The molecule has 5 rings (SSSR count). The van der Waals surface area contributed by atoms with Gasteiger partial charge in [-0.2, -0.15) is 5.10 Å². The summed E-state index contributed by atoms with van der Waals surface area (Å²) in [5, 5.41) is 5.05. The van der Waals surface area contributed by atoms with Gasteiger partial charge in [0.2, 0.25) is 0 Å². The molecule has 1 saturated heterocycles. The Morgan fingerprint density at radius 3 is 2.23 bits per heavy atom. The zero-order chi connectivity index (χ0) is 20.3. The highest BCUT2D eigenvalue weighted by Gasteiger charge is 2.25. The molecular formula is C25H30N4O. The normalized spacial score (nSPS) is 17.2. The molecule has 0 unspecified atom stereocenters. The van der Waals surface area contributed by atoms with Crippen LogP contribution >= 0.6 is 0 Å². The lowest BCUT2D eigenvalue weighted by molar-refractivity contribution is 0.120. The van der Waals surface area contributed by atoms with Crippen LogP contribution in [0.3, 0.4) is 0 Å². The second kappa shape index (κ2) is 8.62. The van der Waals surface area contributed by atoms with Gasteiger partial charge in [-0.25, -0.2) is 4.68 Å². The third kappa shape index (κ3) is 4.00. The summed E-state index contributed by atoms with van der Waals surface area (Å²) in [5.74, 6) is 0.922. The van der Waals surface area contributed by atoms with Crippen LogP contribution in [0, 0.1) is 0 Å². The molecule has 2 aromatic carbocycles. The van der Waals surface area contributed by atoms with Crippen LogP contribution in [-0.2, 0) is 25.9 Å². The Morgan fingerprint density at radius 1 is 0.833 bits per heavy atom. The molecule has 30 heavy (non-hydrogen) atoms. The molecular weight excluding hydrogens is 372 g/mol. The van der Waals surface area contributed by atoms with Gasteiger partial charge in [-0.1, -0.05) is 30.3 Å². The van der Waals surface area contributed by atoms with Crippen molar-refractivity contribution in [2.24, 2.45) is 0 Å². The minimum Gasteiger partial charge on any atom is -0.497 e. The first-order valence-corrected chi connectivity index (χ1v) is 11.0. The summed E-state index contributed by atoms with van der Waals surface area (Å²) in [5.41, 5.74) is 6.75. The van der Waals surface area contributed by atoms with E-state index in [1.165, 1.54) is 41.0 Å². The lowest BCUT2D eigenvalue weighted by atomic mass is 10.1. The third-order valence-corrected chi connectivity index (χ3v) is 6.42. The highest BCUT2D eigenvalue weighted by Crippen LogP contribution is 2.28. The Balaban J connectivity index is 1.22. The first kappa shape index (κ1) is 19.3. The van der Waals surface area contributed by atoms with E-state index in [9.17, 15) is 0 Å². The maximum absolute atomic E-state index is 5.26. The standard InChI is InChI=1S/C25H30N4O/c1-30-22-12-10-20(11-13-22)18-27-14-16-28(17-15-27)19-24-23-8-5-9-25(23)29(26-24)21-6-3-2-4-7-21/h2-4,6-7,10-13H,5,8-9,14-19H2,1H3. The molecule has 2 heterocycles. The molecule has 5 nitrogen and oxygen atoms in total. The van der Waals surface area contributed by atoms with Crippen molar-refractivity contribution in [3.8, 4) is 11.4 Å². The van der Waals surface area contributed by atoms with Crippen molar-refractivity contribution in [3.63, 3.8) is 0 Å². The van der Waals surface area contributed by atoms with Crippen molar-refractivity contribution >= 4 is 0 Å². The highest BCUT2D eigenvalue weighted by atomic mass is 16.5.